The molecular weight excluding hydrogens is 548 g/mol. The summed E-state index contributed by atoms with van der Waals surface area (Å²) in [5.74, 6) is -0.461. The van der Waals surface area contributed by atoms with Crippen molar-refractivity contribution in [2.24, 2.45) is 0 Å². The Morgan fingerprint density at radius 1 is 0.868 bits per heavy atom. The van der Waals surface area contributed by atoms with Crippen molar-refractivity contribution in [1.29, 1.82) is 0 Å². The number of urea groups is 1. The number of nitrogens with zero attached hydrogens (tertiary/aromatic N) is 1. The van der Waals surface area contributed by atoms with Gasteiger partial charge in [-0.05, 0) is 71.3 Å². The zero-order valence-electron chi connectivity index (χ0n) is 20.4. The zero-order valence-corrected chi connectivity index (χ0v) is 22.0. The maximum Gasteiger partial charge on any atom is 0.335 e. The van der Waals surface area contributed by atoms with Crippen molar-refractivity contribution >= 4 is 56.3 Å². The van der Waals surface area contributed by atoms with Crippen LogP contribution >= 0.6 is 15.9 Å². The number of carbonyl (C=O) groups excluding carboxylic acids is 3. The highest BCUT2D eigenvalue weighted by Crippen LogP contribution is 2.32. The van der Waals surface area contributed by atoms with E-state index in [1.807, 2.05) is 31.2 Å². The first kappa shape index (κ1) is 25.2. The highest BCUT2D eigenvalue weighted by Gasteiger charge is 2.36. The van der Waals surface area contributed by atoms with Crippen LogP contribution in [0.5, 0.6) is 11.5 Å². The van der Waals surface area contributed by atoms with Gasteiger partial charge in [-0.25, -0.2) is 9.69 Å². The first-order valence-electron chi connectivity index (χ1n) is 12.0. The van der Waals surface area contributed by atoms with Crippen LogP contribution in [0.1, 0.15) is 18.1 Å². The molecule has 0 saturated carbocycles. The predicted octanol–water partition coefficient (Wildman–Crippen LogP) is 6.25. The molecule has 1 aliphatic rings. The first-order valence-corrected chi connectivity index (χ1v) is 12.8. The Labute approximate surface area is 227 Å². The molecule has 0 aromatic heterocycles. The third kappa shape index (κ3) is 5.17. The molecular formula is C30H23BrN2O5. The van der Waals surface area contributed by atoms with Gasteiger partial charge in [0.15, 0.2) is 11.5 Å². The number of anilines is 1. The summed E-state index contributed by atoms with van der Waals surface area (Å²) in [6.07, 6.45) is 1.44. The quantitative estimate of drug-likeness (QED) is 0.210. The Kier molecular flexibility index (Phi) is 7.24. The van der Waals surface area contributed by atoms with E-state index in [1.54, 1.807) is 42.5 Å². The van der Waals surface area contributed by atoms with Crippen molar-refractivity contribution in [2.75, 3.05) is 11.5 Å². The highest BCUT2D eigenvalue weighted by atomic mass is 79.9. The molecule has 0 unspecified atom stereocenters. The Morgan fingerprint density at radius 2 is 1.63 bits per heavy atom. The Bertz CT molecular complexity index is 1570. The molecule has 8 heteroatoms. The number of halogens is 1. The number of fused-ring (bicyclic) bond motifs is 1. The summed E-state index contributed by atoms with van der Waals surface area (Å²) < 4.78 is 12.7. The van der Waals surface area contributed by atoms with Gasteiger partial charge in [0.05, 0.1) is 12.3 Å². The number of hydrogen-bond donors (Lipinski definition) is 1. The van der Waals surface area contributed by atoms with E-state index in [4.69, 9.17) is 9.47 Å². The molecule has 190 valence electrons. The standard InChI is InChI=1S/C30H23BrN2O5/c1-2-37-27-17-19(10-15-26(27)38-18-21-8-5-7-20-6-3-4-9-24(20)21)16-25-28(34)32-30(36)33(29(25)35)23-13-11-22(31)12-14-23/h3-17H,2,18H2,1H3,(H,32,34,36). The van der Waals surface area contributed by atoms with E-state index in [1.165, 1.54) is 6.08 Å². The molecule has 38 heavy (non-hydrogen) atoms. The van der Waals surface area contributed by atoms with Crippen LogP contribution in [0, 0.1) is 0 Å². The lowest BCUT2D eigenvalue weighted by molar-refractivity contribution is -0.122. The molecule has 0 spiro atoms. The monoisotopic (exact) mass is 570 g/mol. The lowest BCUT2D eigenvalue weighted by Gasteiger charge is -2.26. The summed E-state index contributed by atoms with van der Waals surface area (Å²) in [6, 6.07) is 25.2. The lowest BCUT2D eigenvalue weighted by atomic mass is 10.1. The number of barbiturate groups is 1. The molecule has 5 rings (SSSR count). The summed E-state index contributed by atoms with van der Waals surface area (Å²) >= 11 is 3.33. The summed E-state index contributed by atoms with van der Waals surface area (Å²) in [4.78, 5) is 39.2. The maximum absolute atomic E-state index is 13.2. The molecule has 4 aromatic carbocycles. The van der Waals surface area contributed by atoms with E-state index in [9.17, 15) is 14.4 Å². The van der Waals surface area contributed by atoms with Crippen LogP contribution in [0.15, 0.2) is 95.0 Å². The molecule has 1 aliphatic heterocycles. The second kappa shape index (κ2) is 10.9. The van der Waals surface area contributed by atoms with Crippen LogP contribution in [0.4, 0.5) is 10.5 Å². The smallest absolute Gasteiger partial charge is 0.335 e. The van der Waals surface area contributed by atoms with Crippen molar-refractivity contribution < 1.29 is 23.9 Å². The highest BCUT2D eigenvalue weighted by molar-refractivity contribution is 9.10. The summed E-state index contributed by atoms with van der Waals surface area (Å²) in [5, 5.41) is 4.48. The third-order valence-corrected chi connectivity index (χ3v) is 6.56. The number of benzene rings is 4. The van der Waals surface area contributed by atoms with Gasteiger partial charge in [0.1, 0.15) is 12.2 Å². The molecule has 0 radical (unpaired) electrons. The fourth-order valence-electron chi connectivity index (χ4n) is 4.22. The molecule has 1 N–H and O–H groups in total. The van der Waals surface area contributed by atoms with Crippen LogP contribution in [-0.4, -0.2) is 24.5 Å². The van der Waals surface area contributed by atoms with Gasteiger partial charge in [0.2, 0.25) is 0 Å². The van der Waals surface area contributed by atoms with E-state index in [0.29, 0.717) is 36.0 Å². The lowest BCUT2D eigenvalue weighted by Crippen LogP contribution is -2.54. The molecule has 0 atom stereocenters. The van der Waals surface area contributed by atoms with Crippen LogP contribution in [0.2, 0.25) is 0 Å². The molecule has 1 saturated heterocycles. The average Bonchev–Trinajstić information content (AvgIpc) is 2.91. The minimum atomic E-state index is -0.799. The Hall–Kier alpha value is -4.43. The second-order valence-corrected chi connectivity index (χ2v) is 9.42. The van der Waals surface area contributed by atoms with Gasteiger partial charge < -0.3 is 9.47 Å². The molecule has 0 bridgehead atoms. The number of rotatable bonds is 7. The van der Waals surface area contributed by atoms with Gasteiger partial charge in [0.25, 0.3) is 11.8 Å². The van der Waals surface area contributed by atoms with Gasteiger partial charge in [-0.1, -0.05) is 64.5 Å². The van der Waals surface area contributed by atoms with Crippen molar-refractivity contribution in [3.05, 3.63) is 106 Å². The van der Waals surface area contributed by atoms with E-state index in [0.717, 1.165) is 25.7 Å². The fraction of sp³-hybridized carbons (Fsp3) is 0.100. The molecule has 1 heterocycles. The van der Waals surface area contributed by atoms with Crippen LogP contribution in [0.25, 0.3) is 16.8 Å². The molecule has 7 nitrogen and oxygen atoms in total. The fourth-order valence-corrected chi connectivity index (χ4v) is 4.49. The Morgan fingerprint density at radius 3 is 2.42 bits per heavy atom. The van der Waals surface area contributed by atoms with E-state index < -0.39 is 17.8 Å². The molecule has 4 amide bonds. The number of imide groups is 2. The van der Waals surface area contributed by atoms with E-state index in [2.05, 4.69) is 39.4 Å². The number of carbonyl (C=O) groups is 3. The SMILES string of the molecule is CCOc1cc(C=C2C(=O)NC(=O)N(c3ccc(Br)cc3)C2=O)ccc1OCc1cccc2ccccc12. The summed E-state index contributed by atoms with van der Waals surface area (Å²) in [6.45, 7) is 2.60. The predicted molar refractivity (Wildman–Crippen MR) is 149 cm³/mol. The number of ether oxygens (including phenoxy) is 2. The van der Waals surface area contributed by atoms with Crippen LogP contribution in [0.3, 0.4) is 0 Å². The van der Waals surface area contributed by atoms with Crippen LogP contribution < -0.4 is 19.7 Å². The van der Waals surface area contributed by atoms with Gasteiger partial charge >= 0.3 is 6.03 Å². The van der Waals surface area contributed by atoms with Crippen molar-refractivity contribution in [3.8, 4) is 11.5 Å². The first-order chi connectivity index (χ1) is 18.4. The minimum absolute atomic E-state index is 0.167. The third-order valence-electron chi connectivity index (χ3n) is 6.03. The van der Waals surface area contributed by atoms with Crippen LogP contribution in [-0.2, 0) is 16.2 Å². The van der Waals surface area contributed by atoms with Gasteiger partial charge in [0, 0.05) is 4.47 Å². The largest absolute Gasteiger partial charge is 0.490 e. The zero-order chi connectivity index (χ0) is 26.6. The summed E-state index contributed by atoms with van der Waals surface area (Å²) in [5.41, 5.74) is 1.77. The van der Waals surface area contributed by atoms with Crippen molar-refractivity contribution in [1.82, 2.24) is 5.32 Å². The number of nitrogens with one attached hydrogen (secondary N) is 1. The van der Waals surface area contributed by atoms with Crippen molar-refractivity contribution in [2.45, 2.75) is 13.5 Å². The Balaban J connectivity index is 1.42. The minimum Gasteiger partial charge on any atom is -0.490 e. The van der Waals surface area contributed by atoms with Gasteiger partial charge in [-0.15, -0.1) is 0 Å². The van der Waals surface area contributed by atoms with E-state index in [-0.39, 0.29) is 5.57 Å². The number of amides is 4. The second-order valence-electron chi connectivity index (χ2n) is 8.50. The number of hydrogen-bond acceptors (Lipinski definition) is 5. The normalized spacial score (nSPS) is 14.6. The van der Waals surface area contributed by atoms with Crippen molar-refractivity contribution in [3.63, 3.8) is 0 Å². The van der Waals surface area contributed by atoms with E-state index >= 15 is 0 Å². The maximum atomic E-state index is 13.2. The molecule has 0 aliphatic carbocycles. The molecule has 4 aromatic rings. The topological polar surface area (TPSA) is 84.9 Å². The van der Waals surface area contributed by atoms with Gasteiger partial charge in [-0.2, -0.15) is 0 Å². The average molecular weight is 571 g/mol. The summed E-state index contributed by atoms with van der Waals surface area (Å²) in [7, 11) is 0. The molecule has 1 fully saturated rings. The van der Waals surface area contributed by atoms with Gasteiger partial charge in [-0.3, -0.25) is 14.9 Å².